The highest BCUT2D eigenvalue weighted by molar-refractivity contribution is 6.00. The van der Waals surface area contributed by atoms with Gasteiger partial charge in [-0.15, -0.1) is 0 Å². The van der Waals surface area contributed by atoms with Crippen LogP contribution < -0.4 is 0 Å². The van der Waals surface area contributed by atoms with E-state index in [0.29, 0.717) is 24.3 Å². The number of amides is 1. The molecule has 136 valence electrons. The van der Waals surface area contributed by atoms with Gasteiger partial charge in [0, 0.05) is 5.56 Å². The maximum absolute atomic E-state index is 13.5. The minimum absolute atomic E-state index is 0.0689. The SMILES string of the molecule is Cc1cc(C)c(C(=O)N2[C@H](C(=O)O)COC23CCC(C)CC3)c(C)c1. The number of carboxylic acids is 1. The van der Waals surface area contributed by atoms with Gasteiger partial charge in [-0.1, -0.05) is 24.6 Å². The standard InChI is InChI=1S/C20H27NO4/c1-12-5-7-20(8-6-12)21(16(11-25-20)19(23)24)18(22)17-14(3)9-13(2)10-15(17)4/h9-10,12,16H,5-8,11H2,1-4H3,(H,23,24)/t12?,16-,20?/m0/s1. The fourth-order valence-electron chi connectivity index (χ4n) is 4.41. The maximum Gasteiger partial charge on any atom is 0.328 e. The third kappa shape index (κ3) is 3.06. The van der Waals surface area contributed by atoms with Crippen molar-refractivity contribution < 1.29 is 19.4 Å². The van der Waals surface area contributed by atoms with E-state index in [1.165, 1.54) is 4.90 Å². The van der Waals surface area contributed by atoms with Gasteiger partial charge in [0.1, 0.15) is 5.72 Å². The second kappa shape index (κ2) is 6.45. The van der Waals surface area contributed by atoms with Crippen LogP contribution >= 0.6 is 0 Å². The van der Waals surface area contributed by atoms with Crippen molar-refractivity contribution in [1.29, 1.82) is 0 Å². The smallest absolute Gasteiger partial charge is 0.328 e. The Morgan fingerprint density at radius 1 is 1.16 bits per heavy atom. The van der Waals surface area contributed by atoms with Crippen LogP contribution in [0.4, 0.5) is 0 Å². The van der Waals surface area contributed by atoms with Crippen LogP contribution in [0.3, 0.4) is 0 Å². The van der Waals surface area contributed by atoms with Crippen molar-refractivity contribution in [2.24, 2.45) is 5.92 Å². The van der Waals surface area contributed by atoms with Crippen molar-refractivity contribution in [1.82, 2.24) is 4.90 Å². The van der Waals surface area contributed by atoms with Gasteiger partial charge in [-0.3, -0.25) is 9.69 Å². The van der Waals surface area contributed by atoms with Gasteiger partial charge in [0.2, 0.25) is 0 Å². The topological polar surface area (TPSA) is 66.8 Å². The average molecular weight is 345 g/mol. The first kappa shape index (κ1) is 17.9. The first-order chi connectivity index (χ1) is 11.7. The fraction of sp³-hybridized carbons (Fsp3) is 0.600. The predicted molar refractivity (Wildman–Crippen MR) is 94.6 cm³/mol. The molecule has 0 radical (unpaired) electrons. The van der Waals surface area contributed by atoms with E-state index in [0.717, 1.165) is 29.5 Å². The Balaban J connectivity index is 2.03. The fourth-order valence-corrected chi connectivity index (χ4v) is 4.41. The number of ether oxygens (including phenoxy) is 1. The van der Waals surface area contributed by atoms with E-state index >= 15 is 0 Å². The molecule has 1 aromatic carbocycles. The molecule has 0 bridgehead atoms. The van der Waals surface area contributed by atoms with Gasteiger partial charge >= 0.3 is 5.97 Å². The number of hydrogen-bond donors (Lipinski definition) is 1. The Morgan fingerprint density at radius 2 is 1.72 bits per heavy atom. The van der Waals surface area contributed by atoms with E-state index in [1.54, 1.807) is 0 Å². The molecule has 1 saturated heterocycles. The van der Waals surface area contributed by atoms with Crippen LogP contribution in [0.15, 0.2) is 12.1 Å². The lowest BCUT2D eigenvalue weighted by atomic mass is 9.83. The van der Waals surface area contributed by atoms with E-state index in [9.17, 15) is 14.7 Å². The Bertz CT molecular complexity index is 681. The summed E-state index contributed by atoms with van der Waals surface area (Å²) in [4.78, 5) is 26.8. The summed E-state index contributed by atoms with van der Waals surface area (Å²) in [7, 11) is 0. The lowest BCUT2D eigenvalue weighted by Crippen LogP contribution is -2.55. The molecule has 5 heteroatoms. The highest BCUT2D eigenvalue weighted by atomic mass is 16.5. The molecule has 1 heterocycles. The van der Waals surface area contributed by atoms with E-state index in [4.69, 9.17) is 4.74 Å². The summed E-state index contributed by atoms with van der Waals surface area (Å²) >= 11 is 0. The second-order valence-corrected chi connectivity index (χ2v) is 7.74. The number of aliphatic carboxylic acids is 1. The quantitative estimate of drug-likeness (QED) is 0.891. The van der Waals surface area contributed by atoms with Crippen molar-refractivity contribution in [3.8, 4) is 0 Å². The molecule has 1 amide bonds. The monoisotopic (exact) mass is 345 g/mol. The molecule has 5 nitrogen and oxygen atoms in total. The van der Waals surface area contributed by atoms with Gasteiger partial charge in [-0.25, -0.2) is 4.79 Å². The zero-order valence-electron chi connectivity index (χ0n) is 15.5. The lowest BCUT2D eigenvalue weighted by molar-refractivity contribution is -0.143. The van der Waals surface area contributed by atoms with Crippen molar-refractivity contribution in [2.45, 2.75) is 65.1 Å². The number of benzene rings is 1. The Labute approximate surface area is 149 Å². The van der Waals surface area contributed by atoms with Gasteiger partial charge in [-0.2, -0.15) is 0 Å². The molecule has 2 fully saturated rings. The molecule has 1 atom stereocenters. The largest absolute Gasteiger partial charge is 0.480 e. The van der Waals surface area contributed by atoms with E-state index < -0.39 is 17.7 Å². The third-order valence-corrected chi connectivity index (χ3v) is 5.71. The zero-order chi connectivity index (χ0) is 18.4. The number of carboxylic acid groups (broad SMARTS) is 1. The van der Waals surface area contributed by atoms with E-state index in [-0.39, 0.29) is 12.5 Å². The van der Waals surface area contributed by atoms with Crippen LogP contribution in [-0.2, 0) is 9.53 Å². The zero-order valence-corrected chi connectivity index (χ0v) is 15.5. The maximum atomic E-state index is 13.5. The van der Waals surface area contributed by atoms with Gasteiger partial charge in [-0.05, 0) is 63.5 Å². The molecule has 1 spiro atoms. The highest BCUT2D eigenvalue weighted by Crippen LogP contribution is 2.43. The van der Waals surface area contributed by atoms with E-state index in [1.807, 2.05) is 32.9 Å². The molecular weight excluding hydrogens is 318 g/mol. The molecule has 2 aliphatic rings. The Kier molecular flexibility index (Phi) is 4.62. The summed E-state index contributed by atoms with van der Waals surface area (Å²) in [6, 6.07) is 3.03. The van der Waals surface area contributed by atoms with Crippen molar-refractivity contribution in [3.63, 3.8) is 0 Å². The summed E-state index contributed by atoms with van der Waals surface area (Å²) < 4.78 is 5.99. The molecule has 1 aliphatic carbocycles. The summed E-state index contributed by atoms with van der Waals surface area (Å²) in [5.41, 5.74) is 2.72. The molecule has 3 rings (SSSR count). The molecule has 25 heavy (non-hydrogen) atoms. The predicted octanol–water partition coefficient (Wildman–Crippen LogP) is 3.44. The van der Waals surface area contributed by atoms with Gasteiger partial charge in [0.25, 0.3) is 5.91 Å². The summed E-state index contributed by atoms with van der Waals surface area (Å²) in [5.74, 6) is -0.626. The first-order valence-electron chi connectivity index (χ1n) is 9.03. The number of carbonyl (C=O) groups is 2. The number of rotatable bonds is 2. The summed E-state index contributed by atoms with van der Waals surface area (Å²) in [5, 5.41) is 9.65. The van der Waals surface area contributed by atoms with Crippen LogP contribution in [0.1, 0.15) is 59.7 Å². The molecule has 0 unspecified atom stereocenters. The molecule has 1 aliphatic heterocycles. The molecular formula is C20H27NO4. The Hall–Kier alpha value is -1.88. The normalized spacial score (nSPS) is 29.2. The van der Waals surface area contributed by atoms with Crippen molar-refractivity contribution in [3.05, 3.63) is 34.4 Å². The molecule has 1 N–H and O–H groups in total. The summed E-state index contributed by atoms with van der Waals surface area (Å²) in [6.07, 6.45) is 3.30. The van der Waals surface area contributed by atoms with Crippen LogP contribution in [0.25, 0.3) is 0 Å². The van der Waals surface area contributed by atoms with Gasteiger partial charge in [0.15, 0.2) is 6.04 Å². The lowest BCUT2D eigenvalue weighted by Gasteiger charge is -2.43. The molecule has 1 saturated carbocycles. The first-order valence-corrected chi connectivity index (χ1v) is 9.03. The van der Waals surface area contributed by atoms with Gasteiger partial charge in [0.05, 0.1) is 6.61 Å². The number of carbonyl (C=O) groups excluding carboxylic acids is 1. The third-order valence-electron chi connectivity index (χ3n) is 5.71. The number of nitrogens with zero attached hydrogens (tertiary/aromatic N) is 1. The van der Waals surface area contributed by atoms with Crippen LogP contribution in [0.2, 0.25) is 0 Å². The van der Waals surface area contributed by atoms with Crippen LogP contribution in [0.5, 0.6) is 0 Å². The number of aryl methyl sites for hydroxylation is 3. The van der Waals surface area contributed by atoms with Crippen LogP contribution in [0, 0.1) is 26.7 Å². The van der Waals surface area contributed by atoms with Crippen molar-refractivity contribution >= 4 is 11.9 Å². The average Bonchev–Trinajstić information content (AvgIpc) is 2.88. The summed E-state index contributed by atoms with van der Waals surface area (Å²) in [6.45, 7) is 8.08. The highest BCUT2D eigenvalue weighted by Gasteiger charge is 2.54. The minimum Gasteiger partial charge on any atom is -0.480 e. The molecule has 0 aromatic heterocycles. The van der Waals surface area contributed by atoms with Crippen molar-refractivity contribution in [2.75, 3.05) is 6.61 Å². The van der Waals surface area contributed by atoms with Crippen LogP contribution in [-0.4, -0.2) is 40.3 Å². The molecule has 1 aromatic rings. The van der Waals surface area contributed by atoms with E-state index in [2.05, 4.69) is 6.92 Å². The minimum atomic E-state index is -0.994. The number of hydrogen-bond acceptors (Lipinski definition) is 3. The Morgan fingerprint density at radius 3 is 2.24 bits per heavy atom. The second-order valence-electron chi connectivity index (χ2n) is 7.74. The van der Waals surface area contributed by atoms with Gasteiger partial charge < -0.3 is 9.84 Å².